The zero-order valence-electron chi connectivity index (χ0n) is 12.4. The molecule has 1 aromatic carbocycles. The molecular formula is C16H19ClN2O2. The van der Waals surface area contributed by atoms with Gasteiger partial charge in [-0.3, -0.25) is 0 Å². The SMILES string of the molecule is CCOc1cccc(CNc2cnc(Cl)c(C)c2)c1OC. The molecule has 0 unspecified atom stereocenters. The monoisotopic (exact) mass is 306 g/mol. The van der Waals surface area contributed by atoms with Crippen LogP contribution in [-0.4, -0.2) is 18.7 Å². The number of pyridine rings is 1. The topological polar surface area (TPSA) is 43.4 Å². The van der Waals surface area contributed by atoms with Crippen molar-refractivity contribution in [1.82, 2.24) is 4.98 Å². The summed E-state index contributed by atoms with van der Waals surface area (Å²) in [5.74, 6) is 1.51. The smallest absolute Gasteiger partial charge is 0.165 e. The zero-order valence-corrected chi connectivity index (χ0v) is 13.2. The number of nitrogens with one attached hydrogen (secondary N) is 1. The molecule has 112 valence electrons. The van der Waals surface area contributed by atoms with Gasteiger partial charge in [-0.05, 0) is 31.5 Å². The van der Waals surface area contributed by atoms with Gasteiger partial charge in [-0.15, -0.1) is 0 Å². The molecule has 0 aliphatic rings. The first-order valence-corrected chi connectivity index (χ1v) is 7.18. The first-order valence-electron chi connectivity index (χ1n) is 6.80. The quantitative estimate of drug-likeness (QED) is 0.817. The molecule has 5 heteroatoms. The normalized spacial score (nSPS) is 10.3. The molecule has 0 amide bonds. The van der Waals surface area contributed by atoms with Crippen LogP contribution in [0, 0.1) is 6.92 Å². The van der Waals surface area contributed by atoms with Crippen molar-refractivity contribution >= 4 is 17.3 Å². The highest BCUT2D eigenvalue weighted by Gasteiger charge is 2.10. The molecule has 0 aliphatic heterocycles. The maximum absolute atomic E-state index is 5.93. The van der Waals surface area contributed by atoms with E-state index in [2.05, 4.69) is 10.3 Å². The average molecular weight is 307 g/mol. The second kappa shape index (κ2) is 7.18. The lowest BCUT2D eigenvalue weighted by molar-refractivity contribution is 0.309. The Morgan fingerprint density at radius 3 is 2.81 bits per heavy atom. The zero-order chi connectivity index (χ0) is 15.2. The van der Waals surface area contributed by atoms with Crippen molar-refractivity contribution in [3.8, 4) is 11.5 Å². The largest absolute Gasteiger partial charge is 0.493 e. The van der Waals surface area contributed by atoms with E-state index in [0.717, 1.165) is 28.3 Å². The summed E-state index contributed by atoms with van der Waals surface area (Å²) in [6, 6.07) is 7.83. The number of hydrogen-bond acceptors (Lipinski definition) is 4. The summed E-state index contributed by atoms with van der Waals surface area (Å²) in [7, 11) is 1.65. The van der Waals surface area contributed by atoms with Crippen LogP contribution in [0.4, 0.5) is 5.69 Å². The second-order valence-corrected chi connectivity index (χ2v) is 4.92. The Balaban J connectivity index is 2.15. The van der Waals surface area contributed by atoms with E-state index in [1.165, 1.54) is 0 Å². The Hall–Kier alpha value is -1.94. The highest BCUT2D eigenvalue weighted by Crippen LogP contribution is 2.31. The van der Waals surface area contributed by atoms with Crippen LogP contribution in [0.3, 0.4) is 0 Å². The minimum atomic E-state index is 0.525. The number of methoxy groups -OCH3 is 1. The van der Waals surface area contributed by atoms with Crippen LogP contribution < -0.4 is 14.8 Å². The molecule has 0 radical (unpaired) electrons. The van der Waals surface area contributed by atoms with Crippen molar-refractivity contribution in [1.29, 1.82) is 0 Å². The molecule has 21 heavy (non-hydrogen) atoms. The molecule has 0 spiro atoms. The molecule has 0 bridgehead atoms. The number of anilines is 1. The standard InChI is InChI=1S/C16H19ClN2O2/c1-4-21-14-7-5-6-12(15(14)20-3)9-18-13-8-11(2)16(17)19-10-13/h5-8,10,18H,4,9H2,1-3H3. The molecule has 1 heterocycles. The van der Waals surface area contributed by atoms with Gasteiger partial charge in [0.15, 0.2) is 11.5 Å². The average Bonchev–Trinajstić information content (AvgIpc) is 2.49. The number of aryl methyl sites for hydroxylation is 1. The van der Waals surface area contributed by atoms with Gasteiger partial charge in [-0.1, -0.05) is 23.7 Å². The van der Waals surface area contributed by atoms with Gasteiger partial charge >= 0.3 is 0 Å². The van der Waals surface area contributed by atoms with Crippen LogP contribution in [0.5, 0.6) is 11.5 Å². The summed E-state index contributed by atoms with van der Waals surface area (Å²) in [5, 5.41) is 3.84. The molecule has 0 saturated heterocycles. The highest BCUT2D eigenvalue weighted by atomic mass is 35.5. The van der Waals surface area contributed by atoms with Gasteiger partial charge in [0.1, 0.15) is 5.15 Å². The molecule has 2 rings (SSSR count). The van der Waals surface area contributed by atoms with Gasteiger partial charge in [-0.25, -0.2) is 4.98 Å². The van der Waals surface area contributed by atoms with E-state index in [9.17, 15) is 0 Å². The van der Waals surface area contributed by atoms with E-state index in [1.54, 1.807) is 13.3 Å². The summed E-state index contributed by atoms with van der Waals surface area (Å²) in [5.41, 5.74) is 2.88. The summed E-state index contributed by atoms with van der Waals surface area (Å²) in [6.07, 6.45) is 1.72. The van der Waals surface area contributed by atoms with E-state index in [-0.39, 0.29) is 0 Å². The molecule has 0 saturated carbocycles. The number of ether oxygens (including phenoxy) is 2. The molecule has 1 aromatic heterocycles. The number of rotatable bonds is 6. The molecule has 0 fully saturated rings. The maximum atomic E-state index is 5.93. The van der Waals surface area contributed by atoms with Crippen LogP contribution in [-0.2, 0) is 6.54 Å². The van der Waals surface area contributed by atoms with Crippen LogP contribution in [0.25, 0.3) is 0 Å². The van der Waals surface area contributed by atoms with Crippen molar-refractivity contribution < 1.29 is 9.47 Å². The highest BCUT2D eigenvalue weighted by molar-refractivity contribution is 6.30. The van der Waals surface area contributed by atoms with Gasteiger partial charge in [0.2, 0.25) is 0 Å². The molecular weight excluding hydrogens is 288 g/mol. The van der Waals surface area contributed by atoms with Gasteiger partial charge in [0.25, 0.3) is 0 Å². The lowest BCUT2D eigenvalue weighted by atomic mass is 10.1. The fourth-order valence-corrected chi connectivity index (χ4v) is 2.16. The number of nitrogens with zero attached hydrogens (tertiary/aromatic N) is 1. The number of para-hydroxylation sites is 1. The van der Waals surface area contributed by atoms with E-state index in [0.29, 0.717) is 18.3 Å². The first-order chi connectivity index (χ1) is 10.2. The second-order valence-electron chi connectivity index (χ2n) is 4.57. The number of halogens is 1. The summed E-state index contributed by atoms with van der Waals surface area (Å²) in [4.78, 5) is 4.13. The minimum absolute atomic E-state index is 0.525. The van der Waals surface area contributed by atoms with Gasteiger partial charge in [0.05, 0.1) is 25.6 Å². The fraction of sp³-hybridized carbons (Fsp3) is 0.312. The number of aromatic nitrogens is 1. The van der Waals surface area contributed by atoms with Crippen molar-refractivity contribution in [3.05, 3.63) is 46.7 Å². The first kappa shape index (κ1) is 15.4. The molecule has 2 aromatic rings. The van der Waals surface area contributed by atoms with Gasteiger partial charge < -0.3 is 14.8 Å². The van der Waals surface area contributed by atoms with Gasteiger partial charge in [0, 0.05) is 12.1 Å². The Kier molecular flexibility index (Phi) is 5.28. The Morgan fingerprint density at radius 1 is 1.33 bits per heavy atom. The third-order valence-corrected chi connectivity index (χ3v) is 3.46. The summed E-state index contributed by atoms with van der Waals surface area (Å²) in [6.45, 7) is 5.10. The van der Waals surface area contributed by atoms with E-state index < -0.39 is 0 Å². The summed E-state index contributed by atoms with van der Waals surface area (Å²) >= 11 is 5.93. The predicted molar refractivity (Wildman–Crippen MR) is 85.5 cm³/mol. The van der Waals surface area contributed by atoms with Crippen LogP contribution in [0.1, 0.15) is 18.1 Å². The molecule has 0 atom stereocenters. The lowest BCUT2D eigenvalue weighted by Crippen LogP contribution is -2.04. The Bertz CT molecular complexity index is 617. The lowest BCUT2D eigenvalue weighted by Gasteiger charge is -2.14. The predicted octanol–water partition coefficient (Wildman–Crippen LogP) is 4.06. The Morgan fingerprint density at radius 2 is 2.14 bits per heavy atom. The third kappa shape index (κ3) is 3.79. The van der Waals surface area contributed by atoms with Crippen molar-refractivity contribution in [2.24, 2.45) is 0 Å². The molecule has 1 N–H and O–H groups in total. The maximum Gasteiger partial charge on any atom is 0.165 e. The van der Waals surface area contributed by atoms with E-state index in [4.69, 9.17) is 21.1 Å². The molecule has 0 aliphatic carbocycles. The van der Waals surface area contributed by atoms with E-state index >= 15 is 0 Å². The fourth-order valence-electron chi connectivity index (χ4n) is 2.05. The van der Waals surface area contributed by atoms with Gasteiger partial charge in [-0.2, -0.15) is 0 Å². The van der Waals surface area contributed by atoms with Crippen molar-refractivity contribution in [3.63, 3.8) is 0 Å². The van der Waals surface area contributed by atoms with Crippen LogP contribution in [0.15, 0.2) is 30.5 Å². The third-order valence-electron chi connectivity index (χ3n) is 3.06. The van der Waals surface area contributed by atoms with Crippen molar-refractivity contribution in [2.45, 2.75) is 20.4 Å². The number of benzene rings is 1. The minimum Gasteiger partial charge on any atom is -0.493 e. The molecule has 4 nitrogen and oxygen atoms in total. The summed E-state index contributed by atoms with van der Waals surface area (Å²) < 4.78 is 11.0. The van der Waals surface area contributed by atoms with Crippen LogP contribution >= 0.6 is 11.6 Å². The van der Waals surface area contributed by atoms with E-state index in [1.807, 2.05) is 38.1 Å². The van der Waals surface area contributed by atoms with Crippen LogP contribution in [0.2, 0.25) is 5.15 Å². The number of hydrogen-bond donors (Lipinski definition) is 1. The van der Waals surface area contributed by atoms with Crippen molar-refractivity contribution in [2.75, 3.05) is 19.0 Å². The Labute approximate surface area is 130 Å².